The van der Waals surface area contributed by atoms with Gasteiger partial charge in [-0.1, -0.05) is 32.4 Å². The van der Waals surface area contributed by atoms with Crippen LogP contribution in [0, 0.1) is 11.8 Å². The van der Waals surface area contributed by atoms with Crippen LogP contribution < -0.4 is 0 Å². The Morgan fingerprint density at radius 3 is 2.53 bits per heavy atom. The normalized spacial score (nSPS) is 24.1. The van der Waals surface area contributed by atoms with Crippen LogP contribution in [0.1, 0.15) is 27.7 Å². The first-order chi connectivity index (χ1) is 7.08. The average molecular weight is 204 g/mol. The van der Waals surface area contributed by atoms with E-state index in [1.807, 2.05) is 10.9 Å². The van der Waals surface area contributed by atoms with E-state index in [9.17, 15) is 0 Å². The number of aliphatic imine (C=N–C) groups is 1. The number of azo groups is 2. The first-order valence-electron chi connectivity index (χ1n) is 5.55. The van der Waals surface area contributed by atoms with Gasteiger partial charge >= 0.3 is 0 Å². The van der Waals surface area contributed by atoms with Gasteiger partial charge in [-0.3, -0.25) is 0 Å². The molecule has 15 heavy (non-hydrogen) atoms. The molecule has 2 aliphatic rings. The van der Waals surface area contributed by atoms with Crippen molar-refractivity contribution in [3.8, 4) is 0 Å². The molecular weight excluding hydrogens is 186 g/mol. The SMILES string of the molecule is CC(C)C1=CC2N=C(C(C)C)N=[N+]2C=C1. The maximum absolute atomic E-state index is 4.59. The molecule has 2 aliphatic heterocycles. The van der Waals surface area contributed by atoms with Crippen LogP contribution in [0.2, 0.25) is 0 Å². The summed E-state index contributed by atoms with van der Waals surface area (Å²) >= 11 is 0. The van der Waals surface area contributed by atoms with Crippen molar-refractivity contribution in [2.24, 2.45) is 21.9 Å². The largest absolute Gasteiger partial charge is 0.298 e. The van der Waals surface area contributed by atoms with Crippen molar-refractivity contribution in [3.63, 3.8) is 0 Å². The fraction of sp³-hybridized carbons (Fsp3) is 0.583. The molecule has 0 saturated carbocycles. The second-order valence-corrected chi connectivity index (χ2v) is 4.67. The highest BCUT2D eigenvalue weighted by Gasteiger charge is 2.30. The van der Waals surface area contributed by atoms with E-state index < -0.39 is 0 Å². The summed E-state index contributed by atoms with van der Waals surface area (Å²) in [4.78, 5) is 4.59. The molecule has 0 fully saturated rings. The minimum absolute atomic E-state index is 0.102. The Morgan fingerprint density at radius 2 is 1.93 bits per heavy atom. The van der Waals surface area contributed by atoms with Gasteiger partial charge in [0.05, 0.1) is 0 Å². The molecule has 2 heterocycles. The number of hydrogen-bond acceptors (Lipinski definition) is 2. The van der Waals surface area contributed by atoms with Gasteiger partial charge in [0.1, 0.15) is 0 Å². The molecule has 1 atom stereocenters. The van der Waals surface area contributed by atoms with E-state index in [1.165, 1.54) is 5.57 Å². The van der Waals surface area contributed by atoms with Gasteiger partial charge in [-0.25, -0.2) is 0 Å². The fourth-order valence-electron chi connectivity index (χ4n) is 1.67. The van der Waals surface area contributed by atoms with Gasteiger partial charge in [0.25, 0.3) is 6.17 Å². The van der Waals surface area contributed by atoms with Crippen molar-refractivity contribution in [2.75, 3.05) is 0 Å². The maximum atomic E-state index is 4.59. The molecule has 0 aromatic carbocycles. The molecule has 0 aromatic rings. The highest BCUT2D eigenvalue weighted by molar-refractivity contribution is 5.84. The van der Waals surface area contributed by atoms with Gasteiger partial charge in [0.15, 0.2) is 12.0 Å². The van der Waals surface area contributed by atoms with Crippen LogP contribution in [0.5, 0.6) is 0 Å². The summed E-state index contributed by atoms with van der Waals surface area (Å²) in [6, 6.07) is 0. The van der Waals surface area contributed by atoms with Crippen molar-refractivity contribution in [1.29, 1.82) is 0 Å². The molecule has 0 N–H and O–H groups in total. The van der Waals surface area contributed by atoms with Crippen LogP contribution >= 0.6 is 0 Å². The number of nitrogens with zero attached hydrogens (tertiary/aromatic N) is 3. The summed E-state index contributed by atoms with van der Waals surface area (Å²) in [5.41, 5.74) is 1.35. The zero-order valence-electron chi connectivity index (χ0n) is 9.81. The molecule has 0 aliphatic carbocycles. The minimum Gasteiger partial charge on any atom is -0.189 e. The summed E-state index contributed by atoms with van der Waals surface area (Å²) in [6.45, 7) is 8.64. The van der Waals surface area contributed by atoms with Crippen molar-refractivity contribution in [2.45, 2.75) is 33.9 Å². The fourth-order valence-corrected chi connectivity index (χ4v) is 1.67. The second kappa shape index (κ2) is 3.72. The molecular formula is C12H18N3+. The Hall–Kier alpha value is -1.25. The van der Waals surface area contributed by atoms with E-state index in [-0.39, 0.29) is 6.17 Å². The minimum atomic E-state index is 0.102. The third kappa shape index (κ3) is 1.91. The molecule has 2 rings (SSSR count). The van der Waals surface area contributed by atoms with Gasteiger partial charge in [0, 0.05) is 23.2 Å². The number of rotatable bonds is 2. The van der Waals surface area contributed by atoms with Gasteiger partial charge in [0.2, 0.25) is 0 Å². The number of allylic oxidation sites excluding steroid dienone is 2. The van der Waals surface area contributed by atoms with Crippen LogP contribution in [0.4, 0.5) is 0 Å². The highest BCUT2D eigenvalue weighted by atomic mass is 15.4. The zero-order valence-corrected chi connectivity index (χ0v) is 9.81. The van der Waals surface area contributed by atoms with Crippen molar-refractivity contribution < 1.29 is 4.70 Å². The van der Waals surface area contributed by atoms with Crippen LogP contribution in [0.25, 0.3) is 0 Å². The first-order valence-corrected chi connectivity index (χ1v) is 5.55. The smallest absolute Gasteiger partial charge is 0.189 e. The van der Waals surface area contributed by atoms with Crippen LogP contribution in [-0.4, -0.2) is 16.7 Å². The van der Waals surface area contributed by atoms with Gasteiger partial charge < -0.3 is 0 Å². The number of fused-ring (bicyclic) bond motifs is 1. The summed E-state index contributed by atoms with van der Waals surface area (Å²) in [6.07, 6.45) is 6.45. The quantitative estimate of drug-likeness (QED) is 0.619. The molecule has 0 spiro atoms. The Balaban J connectivity index is 2.26. The van der Waals surface area contributed by atoms with Crippen molar-refractivity contribution in [1.82, 2.24) is 0 Å². The van der Waals surface area contributed by atoms with Crippen molar-refractivity contribution >= 4 is 5.84 Å². The lowest BCUT2D eigenvalue weighted by Crippen LogP contribution is -2.16. The predicted octanol–water partition coefficient (Wildman–Crippen LogP) is 2.96. The molecule has 3 nitrogen and oxygen atoms in total. The Kier molecular flexibility index (Phi) is 2.55. The Labute approximate surface area is 90.9 Å². The van der Waals surface area contributed by atoms with E-state index in [0.29, 0.717) is 11.8 Å². The summed E-state index contributed by atoms with van der Waals surface area (Å²) in [5.74, 6) is 1.91. The van der Waals surface area contributed by atoms with Gasteiger partial charge in [-0.05, 0) is 11.5 Å². The van der Waals surface area contributed by atoms with Crippen molar-refractivity contribution in [3.05, 3.63) is 23.9 Å². The third-order valence-corrected chi connectivity index (χ3v) is 2.70. The number of amidine groups is 1. The summed E-state index contributed by atoms with van der Waals surface area (Å²) in [7, 11) is 0. The Bertz CT molecular complexity index is 378. The summed E-state index contributed by atoms with van der Waals surface area (Å²) < 4.78 is 1.93. The average Bonchev–Trinajstić information content (AvgIpc) is 2.59. The van der Waals surface area contributed by atoms with Gasteiger partial charge in [-0.15, -0.1) is 0 Å². The topological polar surface area (TPSA) is 27.7 Å². The van der Waals surface area contributed by atoms with E-state index in [0.717, 1.165) is 5.84 Å². The zero-order chi connectivity index (χ0) is 11.0. The molecule has 0 radical (unpaired) electrons. The van der Waals surface area contributed by atoms with E-state index >= 15 is 0 Å². The van der Waals surface area contributed by atoms with Gasteiger partial charge in [-0.2, -0.15) is 4.99 Å². The van der Waals surface area contributed by atoms with Crippen LogP contribution in [-0.2, 0) is 0 Å². The Morgan fingerprint density at radius 1 is 1.20 bits per heavy atom. The van der Waals surface area contributed by atoms with Crippen LogP contribution in [0.3, 0.4) is 0 Å². The predicted molar refractivity (Wildman–Crippen MR) is 60.8 cm³/mol. The maximum Gasteiger partial charge on any atom is 0.298 e. The third-order valence-electron chi connectivity index (χ3n) is 2.70. The molecule has 1 unspecified atom stereocenters. The molecule has 0 saturated heterocycles. The number of hydrogen-bond donors (Lipinski definition) is 0. The lowest BCUT2D eigenvalue weighted by Gasteiger charge is -2.09. The molecule has 80 valence electrons. The lowest BCUT2D eigenvalue weighted by molar-refractivity contribution is -0.542. The molecule has 0 bridgehead atoms. The highest BCUT2D eigenvalue weighted by Crippen LogP contribution is 2.22. The monoisotopic (exact) mass is 204 g/mol. The van der Waals surface area contributed by atoms with Crippen LogP contribution in [0.15, 0.2) is 34.0 Å². The first kappa shape index (κ1) is 10.3. The molecule has 3 heteroatoms. The lowest BCUT2D eigenvalue weighted by atomic mass is 10.0. The standard InChI is InChI=1S/C12H18N3/c1-8(2)10-5-6-15-11(7-10)13-12(14-15)9(3)4/h5-9,11H,1-4H3/q+1. The van der Waals surface area contributed by atoms with E-state index in [2.05, 4.69) is 50.0 Å². The molecule has 0 amide bonds. The second-order valence-electron chi connectivity index (χ2n) is 4.67. The molecule has 0 aromatic heterocycles. The van der Waals surface area contributed by atoms with E-state index in [1.54, 1.807) is 0 Å². The summed E-state index contributed by atoms with van der Waals surface area (Å²) in [5, 5.41) is 4.46. The van der Waals surface area contributed by atoms with E-state index in [4.69, 9.17) is 0 Å².